The van der Waals surface area contributed by atoms with Crippen molar-refractivity contribution in [2.45, 2.75) is 19.3 Å². The van der Waals surface area contributed by atoms with Crippen LogP contribution < -0.4 is 9.80 Å². The molecule has 1 aliphatic carbocycles. The van der Waals surface area contributed by atoms with Gasteiger partial charge in [-0.3, -0.25) is 0 Å². The van der Waals surface area contributed by atoms with Crippen molar-refractivity contribution in [2.24, 2.45) is 0 Å². The van der Waals surface area contributed by atoms with Crippen LogP contribution in [0.5, 0.6) is 0 Å². The molecule has 11 aromatic rings. The summed E-state index contributed by atoms with van der Waals surface area (Å²) < 4.78 is 0. The minimum Gasteiger partial charge on any atom is -0.310 e. The first-order valence-electron chi connectivity index (χ1n) is 21.3. The number of rotatable bonds is 6. The number of nitrogens with zero attached hydrogens (tertiary/aromatic N) is 2. The number of benzene rings is 11. The fourth-order valence-corrected chi connectivity index (χ4v) is 10.1. The Hall–Kier alpha value is -7.68. The Morgan fingerprint density at radius 1 is 0.279 bits per heavy atom. The molecule has 1 aliphatic rings. The summed E-state index contributed by atoms with van der Waals surface area (Å²) in [5.74, 6) is 0. The molecule has 0 saturated heterocycles. The van der Waals surface area contributed by atoms with Crippen LogP contribution in [0.15, 0.2) is 218 Å². The van der Waals surface area contributed by atoms with Crippen molar-refractivity contribution in [1.82, 2.24) is 0 Å². The van der Waals surface area contributed by atoms with E-state index in [4.69, 9.17) is 0 Å². The first-order chi connectivity index (χ1) is 30.0. The van der Waals surface area contributed by atoms with Gasteiger partial charge in [0, 0.05) is 39.5 Å². The molecule has 0 radical (unpaired) electrons. The van der Waals surface area contributed by atoms with Crippen LogP contribution in [0.25, 0.3) is 65.0 Å². The molecular formula is C59H42N2. The maximum atomic E-state index is 2.44. The SMILES string of the molecule is CC1(C)c2cc(N(c3ccccc3)c3ccc4ccccc4c3)ccc2-c2cc3ccc(N(c4ccccc4)c4ccc5c(ccc6ccccc65)c4)cc3c3cccc1c23. The molecule has 0 N–H and O–H groups in total. The summed E-state index contributed by atoms with van der Waals surface area (Å²) in [4.78, 5) is 4.80. The Morgan fingerprint density at radius 3 is 1.54 bits per heavy atom. The highest BCUT2D eigenvalue weighted by Gasteiger charge is 2.35. The Kier molecular flexibility index (Phi) is 7.92. The lowest BCUT2D eigenvalue weighted by atomic mass is 9.68. The second-order valence-corrected chi connectivity index (χ2v) is 17.0. The average Bonchev–Trinajstić information content (AvgIpc) is 3.31. The van der Waals surface area contributed by atoms with E-state index >= 15 is 0 Å². The van der Waals surface area contributed by atoms with E-state index in [1.165, 1.54) is 76.1 Å². The molecule has 0 amide bonds. The standard InChI is InChI=1S/C59H42N2/c1-59(2)56-23-13-22-53-54-37-48(60(44-17-5-3-6-18-44)47-30-32-51-42(35-47)25-24-40-15-11-12-21-50(40)51)29-27-43(54)36-55(58(53)56)52-33-31-49(38-57(52)59)61(45-19-7-4-8-20-45)46-28-26-39-14-9-10-16-41(39)34-46/h3-38H,1-2H3. The smallest absolute Gasteiger partial charge is 0.0468 e. The van der Waals surface area contributed by atoms with Crippen molar-refractivity contribution >= 4 is 88.0 Å². The molecule has 11 aromatic carbocycles. The van der Waals surface area contributed by atoms with E-state index < -0.39 is 0 Å². The lowest BCUT2D eigenvalue weighted by Gasteiger charge is -2.37. The molecule has 0 aromatic heterocycles. The van der Waals surface area contributed by atoms with Gasteiger partial charge < -0.3 is 9.80 Å². The first-order valence-corrected chi connectivity index (χ1v) is 21.3. The fourth-order valence-electron chi connectivity index (χ4n) is 10.1. The third kappa shape index (κ3) is 5.64. The molecule has 288 valence electrons. The van der Waals surface area contributed by atoms with Gasteiger partial charge in [-0.05, 0) is 155 Å². The molecule has 0 heterocycles. The minimum absolute atomic E-state index is 0.250. The normalized spacial score (nSPS) is 12.9. The predicted molar refractivity (Wildman–Crippen MR) is 261 cm³/mol. The van der Waals surface area contributed by atoms with Gasteiger partial charge in [0.15, 0.2) is 0 Å². The zero-order chi connectivity index (χ0) is 40.7. The highest BCUT2D eigenvalue weighted by Crippen LogP contribution is 2.52. The molecule has 2 nitrogen and oxygen atoms in total. The van der Waals surface area contributed by atoms with Gasteiger partial charge in [-0.2, -0.15) is 0 Å². The summed E-state index contributed by atoms with van der Waals surface area (Å²) in [6.07, 6.45) is 0. The maximum Gasteiger partial charge on any atom is 0.0468 e. The molecule has 0 atom stereocenters. The fraction of sp³-hybridized carbons (Fsp3) is 0.0508. The van der Waals surface area contributed by atoms with Crippen molar-refractivity contribution < 1.29 is 0 Å². The van der Waals surface area contributed by atoms with E-state index in [9.17, 15) is 0 Å². The highest BCUT2D eigenvalue weighted by atomic mass is 15.1. The lowest BCUT2D eigenvalue weighted by molar-refractivity contribution is 0.645. The van der Waals surface area contributed by atoms with Gasteiger partial charge in [0.2, 0.25) is 0 Å². The Labute approximate surface area is 356 Å². The molecule has 61 heavy (non-hydrogen) atoms. The topological polar surface area (TPSA) is 6.48 Å². The van der Waals surface area contributed by atoms with Crippen LogP contribution in [0, 0.1) is 0 Å². The zero-order valence-electron chi connectivity index (χ0n) is 34.2. The van der Waals surface area contributed by atoms with Gasteiger partial charge in [0.05, 0.1) is 0 Å². The quantitative estimate of drug-likeness (QED) is 0.155. The number of para-hydroxylation sites is 2. The van der Waals surface area contributed by atoms with Crippen LogP contribution in [0.3, 0.4) is 0 Å². The van der Waals surface area contributed by atoms with E-state index in [0.717, 1.165) is 34.1 Å². The molecule has 0 fully saturated rings. The average molecular weight is 779 g/mol. The van der Waals surface area contributed by atoms with E-state index in [1.807, 2.05) is 0 Å². The van der Waals surface area contributed by atoms with Crippen LogP contribution in [0.1, 0.15) is 25.0 Å². The van der Waals surface area contributed by atoms with Gasteiger partial charge in [-0.25, -0.2) is 0 Å². The van der Waals surface area contributed by atoms with Gasteiger partial charge >= 0.3 is 0 Å². The molecular weight excluding hydrogens is 737 g/mol. The summed E-state index contributed by atoms with van der Waals surface area (Å²) in [6.45, 7) is 4.80. The van der Waals surface area contributed by atoms with Crippen LogP contribution in [0.2, 0.25) is 0 Å². The summed E-state index contributed by atoms with van der Waals surface area (Å²) >= 11 is 0. The van der Waals surface area contributed by atoms with E-state index in [1.54, 1.807) is 0 Å². The second-order valence-electron chi connectivity index (χ2n) is 17.0. The third-order valence-electron chi connectivity index (χ3n) is 13.1. The van der Waals surface area contributed by atoms with Crippen LogP contribution in [0.4, 0.5) is 34.1 Å². The number of hydrogen-bond acceptors (Lipinski definition) is 2. The molecule has 0 unspecified atom stereocenters. The van der Waals surface area contributed by atoms with Crippen molar-refractivity contribution in [3.05, 3.63) is 230 Å². The Morgan fingerprint density at radius 2 is 0.787 bits per heavy atom. The van der Waals surface area contributed by atoms with Crippen molar-refractivity contribution in [2.75, 3.05) is 9.80 Å². The van der Waals surface area contributed by atoms with Crippen LogP contribution in [-0.4, -0.2) is 0 Å². The van der Waals surface area contributed by atoms with Gasteiger partial charge in [-0.1, -0.05) is 153 Å². The summed E-state index contributed by atoms with van der Waals surface area (Å²) in [5.41, 5.74) is 11.9. The van der Waals surface area contributed by atoms with Crippen molar-refractivity contribution in [3.63, 3.8) is 0 Å². The van der Waals surface area contributed by atoms with Gasteiger partial charge in [-0.15, -0.1) is 0 Å². The maximum absolute atomic E-state index is 2.44. The summed E-state index contributed by atoms with van der Waals surface area (Å²) in [7, 11) is 0. The van der Waals surface area contributed by atoms with Gasteiger partial charge in [0.1, 0.15) is 0 Å². The van der Waals surface area contributed by atoms with E-state index in [2.05, 4.69) is 242 Å². The van der Waals surface area contributed by atoms with Crippen LogP contribution in [-0.2, 0) is 5.41 Å². The second kappa shape index (κ2) is 13.7. The first kappa shape index (κ1) is 35.3. The Balaban J connectivity index is 1.02. The Bertz CT molecular complexity index is 3510. The molecule has 0 spiro atoms. The summed E-state index contributed by atoms with van der Waals surface area (Å²) in [6, 6.07) is 80.5. The summed E-state index contributed by atoms with van der Waals surface area (Å²) in [5, 5.41) is 12.6. The lowest BCUT2D eigenvalue weighted by Crippen LogP contribution is -2.24. The zero-order valence-corrected chi connectivity index (χ0v) is 34.2. The molecule has 12 rings (SSSR count). The predicted octanol–water partition coefficient (Wildman–Crippen LogP) is 16.7. The largest absolute Gasteiger partial charge is 0.310 e. The minimum atomic E-state index is -0.250. The van der Waals surface area contributed by atoms with Crippen LogP contribution >= 0.6 is 0 Å². The molecule has 2 heteroatoms. The number of anilines is 6. The number of hydrogen-bond donors (Lipinski definition) is 0. The van der Waals surface area contributed by atoms with Crippen molar-refractivity contribution in [3.8, 4) is 11.1 Å². The highest BCUT2D eigenvalue weighted by molar-refractivity contribution is 6.18. The third-order valence-corrected chi connectivity index (χ3v) is 13.1. The van der Waals surface area contributed by atoms with Gasteiger partial charge in [0.25, 0.3) is 0 Å². The van der Waals surface area contributed by atoms with E-state index in [-0.39, 0.29) is 5.41 Å². The van der Waals surface area contributed by atoms with E-state index in [0.29, 0.717) is 0 Å². The molecule has 0 saturated carbocycles. The molecule has 0 aliphatic heterocycles. The van der Waals surface area contributed by atoms with Crippen molar-refractivity contribution in [1.29, 1.82) is 0 Å². The number of fused-ring (bicyclic) bond motifs is 8. The monoisotopic (exact) mass is 778 g/mol. The molecule has 0 bridgehead atoms.